The number of benzene rings is 2. The topological polar surface area (TPSA) is 80.3 Å². The number of para-hydroxylation sites is 1. The SMILES string of the molecule is C[C@@H](Oc1ccccc1)C(=O)NCc1cccc(NC(=O)c2cccnc2)c1. The first-order chi connectivity index (χ1) is 13.6. The van der Waals surface area contributed by atoms with E-state index in [-0.39, 0.29) is 11.8 Å². The second-order valence-corrected chi connectivity index (χ2v) is 6.19. The van der Waals surface area contributed by atoms with Gasteiger partial charge in [-0.1, -0.05) is 30.3 Å². The van der Waals surface area contributed by atoms with Crippen LogP contribution in [0.15, 0.2) is 79.1 Å². The van der Waals surface area contributed by atoms with Gasteiger partial charge in [0.15, 0.2) is 6.10 Å². The zero-order valence-electron chi connectivity index (χ0n) is 15.5. The molecule has 1 atom stereocenters. The summed E-state index contributed by atoms with van der Waals surface area (Å²) in [5.41, 5.74) is 1.99. The van der Waals surface area contributed by atoms with Crippen LogP contribution in [-0.2, 0) is 11.3 Å². The second kappa shape index (κ2) is 9.32. The molecule has 0 aliphatic heterocycles. The summed E-state index contributed by atoms with van der Waals surface area (Å²) >= 11 is 0. The molecule has 0 unspecified atom stereocenters. The number of pyridine rings is 1. The average molecular weight is 375 g/mol. The molecule has 0 saturated carbocycles. The Kier molecular flexibility index (Phi) is 6.36. The summed E-state index contributed by atoms with van der Waals surface area (Å²) in [6.07, 6.45) is 2.51. The van der Waals surface area contributed by atoms with E-state index in [1.807, 2.05) is 36.4 Å². The smallest absolute Gasteiger partial charge is 0.261 e. The molecule has 142 valence electrons. The zero-order valence-corrected chi connectivity index (χ0v) is 15.5. The minimum absolute atomic E-state index is 0.214. The van der Waals surface area contributed by atoms with Crippen molar-refractivity contribution < 1.29 is 14.3 Å². The highest BCUT2D eigenvalue weighted by Crippen LogP contribution is 2.13. The predicted molar refractivity (Wildman–Crippen MR) is 107 cm³/mol. The Bertz CT molecular complexity index is 930. The summed E-state index contributed by atoms with van der Waals surface area (Å²) < 4.78 is 5.61. The monoisotopic (exact) mass is 375 g/mol. The molecular weight excluding hydrogens is 354 g/mol. The van der Waals surface area contributed by atoms with Gasteiger partial charge in [0.1, 0.15) is 5.75 Å². The Labute approximate surface area is 163 Å². The van der Waals surface area contributed by atoms with E-state index in [1.54, 1.807) is 43.5 Å². The third-order valence-corrected chi connectivity index (χ3v) is 4.00. The number of nitrogens with one attached hydrogen (secondary N) is 2. The molecule has 28 heavy (non-hydrogen) atoms. The third kappa shape index (κ3) is 5.41. The van der Waals surface area contributed by atoms with Crippen molar-refractivity contribution in [3.05, 3.63) is 90.3 Å². The van der Waals surface area contributed by atoms with Crippen LogP contribution in [0.1, 0.15) is 22.8 Å². The molecule has 2 amide bonds. The molecule has 0 bridgehead atoms. The Morgan fingerprint density at radius 1 is 1.04 bits per heavy atom. The lowest BCUT2D eigenvalue weighted by molar-refractivity contribution is -0.127. The molecular formula is C22H21N3O3. The van der Waals surface area contributed by atoms with Crippen molar-refractivity contribution in [3.8, 4) is 5.75 Å². The number of hydrogen-bond acceptors (Lipinski definition) is 4. The van der Waals surface area contributed by atoms with Gasteiger partial charge in [-0.3, -0.25) is 14.6 Å². The highest BCUT2D eigenvalue weighted by molar-refractivity contribution is 6.04. The third-order valence-electron chi connectivity index (χ3n) is 4.00. The van der Waals surface area contributed by atoms with Gasteiger partial charge in [0.05, 0.1) is 5.56 Å². The van der Waals surface area contributed by atoms with Crippen LogP contribution in [0.5, 0.6) is 5.75 Å². The summed E-state index contributed by atoms with van der Waals surface area (Å²) in [6.45, 7) is 2.03. The first-order valence-electron chi connectivity index (χ1n) is 8.91. The number of rotatable bonds is 7. The molecule has 0 saturated heterocycles. The average Bonchev–Trinajstić information content (AvgIpc) is 2.73. The number of aromatic nitrogens is 1. The van der Waals surface area contributed by atoms with Crippen molar-refractivity contribution in [2.75, 3.05) is 5.32 Å². The van der Waals surface area contributed by atoms with Crippen LogP contribution in [0.4, 0.5) is 5.69 Å². The van der Waals surface area contributed by atoms with Crippen LogP contribution in [0.3, 0.4) is 0 Å². The van der Waals surface area contributed by atoms with Crippen LogP contribution < -0.4 is 15.4 Å². The van der Waals surface area contributed by atoms with Crippen LogP contribution >= 0.6 is 0 Å². The Balaban J connectivity index is 1.54. The predicted octanol–water partition coefficient (Wildman–Crippen LogP) is 3.42. The number of anilines is 1. The number of carbonyl (C=O) groups excluding carboxylic acids is 2. The van der Waals surface area contributed by atoms with Crippen LogP contribution in [-0.4, -0.2) is 22.9 Å². The molecule has 3 rings (SSSR count). The maximum Gasteiger partial charge on any atom is 0.261 e. The second-order valence-electron chi connectivity index (χ2n) is 6.19. The van der Waals surface area contributed by atoms with Crippen molar-refractivity contribution in [2.45, 2.75) is 19.6 Å². The molecule has 1 heterocycles. The summed E-state index contributed by atoms with van der Waals surface area (Å²) in [7, 11) is 0. The summed E-state index contributed by atoms with van der Waals surface area (Å²) in [5.74, 6) is 0.193. The van der Waals surface area contributed by atoms with Gasteiger partial charge in [0.25, 0.3) is 11.8 Å². The molecule has 2 N–H and O–H groups in total. The summed E-state index contributed by atoms with van der Waals surface area (Å²) in [4.78, 5) is 28.4. The normalized spacial score (nSPS) is 11.3. The summed E-state index contributed by atoms with van der Waals surface area (Å²) in [5, 5.41) is 5.67. The molecule has 6 nitrogen and oxygen atoms in total. The van der Waals surface area contributed by atoms with Gasteiger partial charge in [-0.25, -0.2) is 0 Å². The van der Waals surface area contributed by atoms with E-state index in [1.165, 1.54) is 6.20 Å². The van der Waals surface area contributed by atoms with Gasteiger partial charge in [-0.15, -0.1) is 0 Å². The number of carbonyl (C=O) groups is 2. The van der Waals surface area contributed by atoms with Gasteiger partial charge < -0.3 is 15.4 Å². The molecule has 2 aromatic carbocycles. The van der Waals surface area contributed by atoms with E-state index in [0.29, 0.717) is 23.5 Å². The van der Waals surface area contributed by atoms with Crippen LogP contribution in [0.2, 0.25) is 0 Å². The molecule has 0 aliphatic carbocycles. The Morgan fingerprint density at radius 2 is 1.86 bits per heavy atom. The van der Waals surface area contributed by atoms with Crippen LogP contribution in [0.25, 0.3) is 0 Å². The quantitative estimate of drug-likeness (QED) is 0.663. The van der Waals surface area contributed by atoms with E-state index >= 15 is 0 Å². The molecule has 0 spiro atoms. The molecule has 0 fully saturated rings. The van der Waals surface area contributed by atoms with Gasteiger partial charge >= 0.3 is 0 Å². The minimum Gasteiger partial charge on any atom is -0.481 e. The number of nitrogens with zero attached hydrogens (tertiary/aromatic N) is 1. The highest BCUT2D eigenvalue weighted by atomic mass is 16.5. The molecule has 0 radical (unpaired) electrons. The summed E-state index contributed by atoms with van der Waals surface area (Å²) in [6, 6.07) is 19.9. The van der Waals surface area contributed by atoms with Crippen molar-refractivity contribution in [2.24, 2.45) is 0 Å². The van der Waals surface area contributed by atoms with E-state index in [0.717, 1.165) is 5.56 Å². The van der Waals surface area contributed by atoms with Gasteiger partial charge in [-0.2, -0.15) is 0 Å². The van der Waals surface area contributed by atoms with Crippen molar-refractivity contribution in [3.63, 3.8) is 0 Å². The first-order valence-corrected chi connectivity index (χ1v) is 8.91. The van der Waals surface area contributed by atoms with E-state index in [2.05, 4.69) is 15.6 Å². The Morgan fingerprint density at radius 3 is 2.61 bits per heavy atom. The number of hydrogen-bond donors (Lipinski definition) is 2. The molecule has 3 aromatic rings. The van der Waals surface area contributed by atoms with Crippen LogP contribution in [0, 0.1) is 0 Å². The fourth-order valence-corrected chi connectivity index (χ4v) is 2.55. The maximum atomic E-state index is 12.3. The lowest BCUT2D eigenvalue weighted by Crippen LogP contribution is -2.35. The van der Waals surface area contributed by atoms with Crippen molar-refractivity contribution in [1.82, 2.24) is 10.3 Å². The van der Waals surface area contributed by atoms with Gasteiger partial charge in [0.2, 0.25) is 0 Å². The highest BCUT2D eigenvalue weighted by Gasteiger charge is 2.14. The number of amides is 2. The minimum atomic E-state index is -0.615. The molecule has 0 aliphatic rings. The standard InChI is InChI=1S/C22H21N3O3/c1-16(28-20-10-3-2-4-11-20)21(26)24-14-17-7-5-9-19(13-17)25-22(27)18-8-6-12-23-15-18/h2-13,15-16H,14H2,1H3,(H,24,26)(H,25,27)/t16-/m1/s1. The van der Waals surface area contributed by atoms with E-state index < -0.39 is 6.10 Å². The fourth-order valence-electron chi connectivity index (χ4n) is 2.55. The zero-order chi connectivity index (χ0) is 19.8. The number of ether oxygens (including phenoxy) is 1. The van der Waals surface area contributed by atoms with Gasteiger partial charge in [0, 0.05) is 24.6 Å². The lowest BCUT2D eigenvalue weighted by atomic mass is 10.2. The van der Waals surface area contributed by atoms with Crippen molar-refractivity contribution in [1.29, 1.82) is 0 Å². The lowest BCUT2D eigenvalue weighted by Gasteiger charge is -2.15. The van der Waals surface area contributed by atoms with Crippen molar-refractivity contribution >= 4 is 17.5 Å². The van der Waals surface area contributed by atoms with E-state index in [9.17, 15) is 9.59 Å². The molecule has 6 heteroatoms. The van der Waals surface area contributed by atoms with Gasteiger partial charge in [-0.05, 0) is 48.9 Å². The van der Waals surface area contributed by atoms with E-state index in [4.69, 9.17) is 4.74 Å². The Hall–Kier alpha value is -3.67. The molecule has 1 aromatic heterocycles. The maximum absolute atomic E-state index is 12.3. The first kappa shape index (κ1) is 19.1. The largest absolute Gasteiger partial charge is 0.481 e. The fraction of sp³-hybridized carbons (Fsp3) is 0.136.